The zero-order valence-electron chi connectivity index (χ0n) is 14.6. The number of nitrogens with zero attached hydrogens (tertiary/aromatic N) is 1. The summed E-state index contributed by atoms with van der Waals surface area (Å²) in [5.41, 5.74) is 0.932. The second-order valence-electron chi connectivity index (χ2n) is 6.39. The van der Waals surface area contributed by atoms with Gasteiger partial charge in [-0.05, 0) is 55.2 Å². The number of hydrogen-bond acceptors (Lipinski definition) is 3. The Balaban J connectivity index is 1.69. The molecule has 144 valence electrons. The maximum absolute atomic E-state index is 14.1. The van der Waals surface area contributed by atoms with E-state index in [1.165, 1.54) is 22.5 Å². The SMILES string of the molecule is O=C(NCCc1ccc(F)cc1)c1ccc(F)c(S(=O)(=O)N2CCCC2)c1. The van der Waals surface area contributed by atoms with Crippen LogP contribution in [0, 0.1) is 11.6 Å². The van der Waals surface area contributed by atoms with Gasteiger partial charge in [-0.1, -0.05) is 12.1 Å². The summed E-state index contributed by atoms with van der Waals surface area (Å²) in [6.45, 7) is 1.00. The van der Waals surface area contributed by atoms with E-state index in [9.17, 15) is 22.0 Å². The van der Waals surface area contributed by atoms with Crippen LogP contribution in [-0.4, -0.2) is 38.3 Å². The van der Waals surface area contributed by atoms with E-state index < -0.39 is 26.6 Å². The fraction of sp³-hybridized carbons (Fsp3) is 0.316. The standard InChI is InChI=1S/C19H20F2N2O3S/c20-16-6-3-14(4-7-16)9-10-22-19(24)15-5-8-17(21)18(13-15)27(25,26)23-11-1-2-12-23/h3-8,13H,1-2,9-12H2,(H,22,24). The van der Waals surface area contributed by atoms with Crippen LogP contribution in [0.5, 0.6) is 0 Å². The summed E-state index contributed by atoms with van der Waals surface area (Å²) < 4.78 is 53.4. The Bertz CT molecular complexity index is 924. The molecule has 1 heterocycles. The maximum Gasteiger partial charge on any atom is 0.251 e. The van der Waals surface area contributed by atoms with Crippen LogP contribution in [0.1, 0.15) is 28.8 Å². The average molecular weight is 394 g/mol. The molecule has 27 heavy (non-hydrogen) atoms. The Morgan fingerprint density at radius 1 is 1.04 bits per heavy atom. The molecule has 0 aliphatic carbocycles. The second-order valence-corrected chi connectivity index (χ2v) is 8.30. The molecule has 0 bridgehead atoms. The molecule has 5 nitrogen and oxygen atoms in total. The molecule has 2 aromatic carbocycles. The van der Waals surface area contributed by atoms with Crippen LogP contribution in [0.4, 0.5) is 8.78 Å². The number of amides is 1. The number of carbonyl (C=O) groups excluding carboxylic acids is 1. The van der Waals surface area contributed by atoms with E-state index >= 15 is 0 Å². The first-order valence-electron chi connectivity index (χ1n) is 8.70. The van der Waals surface area contributed by atoms with Crippen molar-refractivity contribution >= 4 is 15.9 Å². The van der Waals surface area contributed by atoms with Gasteiger partial charge in [0.05, 0.1) is 0 Å². The summed E-state index contributed by atoms with van der Waals surface area (Å²) >= 11 is 0. The summed E-state index contributed by atoms with van der Waals surface area (Å²) in [6.07, 6.45) is 1.97. The van der Waals surface area contributed by atoms with E-state index in [0.717, 1.165) is 30.5 Å². The molecular weight excluding hydrogens is 374 g/mol. The van der Waals surface area contributed by atoms with Gasteiger partial charge in [0.15, 0.2) is 0 Å². The van der Waals surface area contributed by atoms with Crippen LogP contribution in [0.15, 0.2) is 47.4 Å². The van der Waals surface area contributed by atoms with Crippen LogP contribution in [0.25, 0.3) is 0 Å². The van der Waals surface area contributed by atoms with Crippen molar-refractivity contribution < 1.29 is 22.0 Å². The molecule has 8 heteroatoms. The summed E-state index contributed by atoms with van der Waals surface area (Å²) in [5.74, 6) is -1.69. The van der Waals surface area contributed by atoms with Gasteiger partial charge in [-0.15, -0.1) is 0 Å². The quantitative estimate of drug-likeness (QED) is 0.819. The van der Waals surface area contributed by atoms with Gasteiger partial charge in [0.2, 0.25) is 10.0 Å². The Morgan fingerprint density at radius 3 is 2.37 bits per heavy atom. The minimum absolute atomic E-state index is 0.0771. The molecule has 1 saturated heterocycles. The van der Waals surface area contributed by atoms with Gasteiger partial charge in [0, 0.05) is 25.2 Å². The zero-order valence-corrected chi connectivity index (χ0v) is 15.4. The van der Waals surface area contributed by atoms with Crippen molar-refractivity contribution in [3.8, 4) is 0 Å². The lowest BCUT2D eigenvalue weighted by atomic mass is 10.1. The highest BCUT2D eigenvalue weighted by Crippen LogP contribution is 2.24. The van der Waals surface area contributed by atoms with Crippen molar-refractivity contribution in [1.29, 1.82) is 0 Å². The lowest BCUT2D eigenvalue weighted by Crippen LogP contribution is -2.30. The van der Waals surface area contributed by atoms with Gasteiger partial charge in [-0.25, -0.2) is 17.2 Å². The van der Waals surface area contributed by atoms with Crippen LogP contribution >= 0.6 is 0 Å². The number of sulfonamides is 1. The monoisotopic (exact) mass is 394 g/mol. The lowest BCUT2D eigenvalue weighted by molar-refractivity contribution is 0.0954. The smallest absolute Gasteiger partial charge is 0.251 e. The van der Waals surface area contributed by atoms with Crippen molar-refractivity contribution in [3.05, 3.63) is 65.2 Å². The molecule has 0 atom stereocenters. The molecule has 0 radical (unpaired) electrons. The van der Waals surface area contributed by atoms with E-state index in [4.69, 9.17) is 0 Å². The predicted octanol–water partition coefficient (Wildman–Crippen LogP) is 2.72. The first-order valence-corrected chi connectivity index (χ1v) is 10.1. The third-order valence-corrected chi connectivity index (χ3v) is 6.40. The molecule has 0 aromatic heterocycles. The summed E-state index contributed by atoms with van der Waals surface area (Å²) in [7, 11) is -3.95. The Hall–Kier alpha value is -2.32. The fourth-order valence-corrected chi connectivity index (χ4v) is 4.59. The number of benzene rings is 2. The van der Waals surface area contributed by atoms with Crippen molar-refractivity contribution in [3.63, 3.8) is 0 Å². The highest BCUT2D eigenvalue weighted by Gasteiger charge is 2.30. The lowest BCUT2D eigenvalue weighted by Gasteiger charge is -2.16. The minimum atomic E-state index is -3.95. The molecule has 2 aromatic rings. The van der Waals surface area contributed by atoms with E-state index in [2.05, 4.69) is 5.32 Å². The molecule has 1 amide bonds. The first kappa shape index (κ1) is 19.4. The van der Waals surface area contributed by atoms with Crippen molar-refractivity contribution in [2.24, 2.45) is 0 Å². The zero-order chi connectivity index (χ0) is 19.4. The normalized spacial score (nSPS) is 15.0. The number of halogens is 2. The number of rotatable bonds is 6. The summed E-state index contributed by atoms with van der Waals surface area (Å²) in [5, 5.41) is 2.67. The largest absolute Gasteiger partial charge is 0.352 e. The molecule has 1 aliphatic heterocycles. The van der Waals surface area contributed by atoms with E-state index in [-0.39, 0.29) is 17.9 Å². The highest BCUT2D eigenvalue weighted by molar-refractivity contribution is 7.89. The molecule has 0 saturated carbocycles. The maximum atomic E-state index is 14.1. The van der Waals surface area contributed by atoms with Crippen LogP contribution < -0.4 is 5.32 Å². The number of hydrogen-bond donors (Lipinski definition) is 1. The third kappa shape index (κ3) is 4.51. The molecule has 3 rings (SSSR count). The first-order chi connectivity index (χ1) is 12.9. The molecule has 0 unspecified atom stereocenters. The second kappa shape index (κ2) is 8.14. The third-order valence-electron chi connectivity index (χ3n) is 4.49. The molecule has 1 fully saturated rings. The highest BCUT2D eigenvalue weighted by atomic mass is 32.2. The Labute approximate surface area is 157 Å². The topological polar surface area (TPSA) is 66.5 Å². The van der Waals surface area contributed by atoms with E-state index in [1.54, 1.807) is 12.1 Å². The van der Waals surface area contributed by atoms with Gasteiger partial charge < -0.3 is 5.32 Å². The molecule has 0 spiro atoms. The molecule has 1 aliphatic rings. The van der Waals surface area contributed by atoms with Crippen molar-refractivity contribution in [2.45, 2.75) is 24.2 Å². The van der Waals surface area contributed by atoms with Gasteiger partial charge in [-0.2, -0.15) is 4.31 Å². The number of carbonyl (C=O) groups is 1. The molecular formula is C19H20F2N2O3S. The van der Waals surface area contributed by atoms with Gasteiger partial charge in [-0.3, -0.25) is 4.79 Å². The summed E-state index contributed by atoms with van der Waals surface area (Å²) in [6, 6.07) is 9.26. The van der Waals surface area contributed by atoms with E-state index in [0.29, 0.717) is 19.5 Å². The average Bonchev–Trinajstić information content (AvgIpc) is 3.19. The van der Waals surface area contributed by atoms with Gasteiger partial charge >= 0.3 is 0 Å². The fourth-order valence-electron chi connectivity index (χ4n) is 2.98. The van der Waals surface area contributed by atoms with Crippen molar-refractivity contribution in [2.75, 3.05) is 19.6 Å². The predicted molar refractivity (Wildman–Crippen MR) is 96.8 cm³/mol. The van der Waals surface area contributed by atoms with Crippen LogP contribution in [0.3, 0.4) is 0 Å². The van der Waals surface area contributed by atoms with Crippen LogP contribution in [0.2, 0.25) is 0 Å². The van der Waals surface area contributed by atoms with Crippen LogP contribution in [-0.2, 0) is 16.4 Å². The van der Waals surface area contributed by atoms with E-state index in [1.807, 2.05) is 0 Å². The van der Waals surface area contributed by atoms with Gasteiger partial charge in [0.1, 0.15) is 16.5 Å². The minimum Gasteiger partial charge on any atom is -0.352 e. The number of nitrogens with one attached hydrogen (secondary N) is 1. The Kier molecular flexibility index (Phi) is 5.86. The van der Waals surface area contributed by atoms with Crippen molar-refractivity contribution in [1.82, 2.24) is 9.62 Å². The molecule has 1 N–H and O–H groups in total. The van der Waals surface area contributed by atoms with Gasteiger partial charge in [0.25, 0.3) is 5.91 Å². The summed E-state index contributed by atoms with van der Waals surface area (Å²) in [4.78, 5) is 11.8. The Morgan fingerprint density at radius 2 is 1.70 bits per heavy atom.